The van der Waals surface area contributed by atoms with Crippen molar-refractivity contribution in [2.24, 2.45) is 0 Å². The van der Waals surface area contributed by atoms with Crippen LogP contribution in [0.5, 0.6) is 0 Å². The van der Waals surface area contributed by atoms with Crippen molar-refractivity contribution in [2.45, 2.75) is 20.5 Å². The first-order valence-corrected chi connectivity index (χ1v) is 6.77. The summed E-state index contributed by atoms with van der Waals surface area (Å²) < 4.78 is 0. The lowest BCUT2D eigenvalue weighted by Gasteiger charge is -2.25. The normalized spacial score (nSPS) is 10.5. The Balaban J connectivity index is 2.44. The van der Waals surface area contributed by atoms with E-state index in [9.17, 15) is 5.11 Å². The van der Waals surface area contributed by atoms with E-state index in [0.717, 1.165) is 23.5 Å². The van der Waals surface area contributed by atoms with Gasteiger partial charge in [0.2, 0.25) is 0 Å². The molecule has 0 amide bonds. The maximum Gasteiger partial charge on any atom is 0.0702 e. The van der Waals surface area contributed by atoms with Gasteiger partial charge in [-0.3, -0.25) is 0 Å². The van der Waals surface area contributed by atoms with E-state index in [0.29, 0.717) is 5.02 Å². The van der Waals surface area contributed by atoms with Crippen LogP contribution in [0.25, 0.3) is 0 Å². The quantitative estimate of drug-likeness (QED) is 0.899. The molecule has 2 rings (SSSR count). The lowest BCUT2D eigenvalue weighted by molar-refractivity contribution is 0.282. The highest BCUT2D eigenvalue weighted by Gasteiger charge is 2.11. The molecular formula is C16H18ClNO. The van der Waals surface area contributed by atoms with Crippen molar-refractivity contribution in [3.05, 3.63) is 58.6 Å². The number of halogens is 1. The third-order valence-corrected chi connectivity index (χ3v) is 3.40. The van der Waals surface area contributed by atoms with Crippen molar-refractivity contribution in [3.63, 3.8) is 0 Å². The van der Waals surface area contributed by atoms with E-state index in [1.54, 1.807) is 0 Å². The van der Waals surface area contributed by atoms with Gasteiger partial charge in [0, 0.05) is 28.5 Å². The highest BCUT2D eigenvalue weighted by atomic mass is 35.5. The Labute approximate surface area is 119 Å². The monoisotopic (exact) mass is 275 g/mol. The molecule has 0 fully saturated rings. The van der Waals surface area contributed by atoms with Crippen molar-refractivity contribution >= 4 is 23.0 Å². The molecule has 100 valence electrons. The van der Waals surface area contributed by atoms with Crippen LogP contribution in [-0.4, -0.2) is 11.7 Å². The van der Waals surface area contributed by atoms with Crippen molar-refractivity contribution in [1.82, 2.24) is 0 Å². The molecule has 1 N–H and O–H groups in total. The average molecular weight is 276 g/mol. The van der Waals surface area contributed by atoms with E-state index < -0.39 is 0 Å². The van der Waals surface area contributed by atoms with E-state index in [2.05, 4.69) is 43.0 Å². The number of hydrogen-bond donors (Lipinski definition) is 1. The van der Waals surface area contributed by atoms with Crippen molar-refractivity contribution in [3.8, 4) is 0 Å². The number of aryl methyl sites for hydroxylation is 1. The molecule has 0 atom stereocenters. The summed E-state index contributed by atoms with van der Waals surface area (Å²) in [4.78, 5) is 2.17. The smallest absolute Gasteiger partial charge is 0.0702 e. The highest BCUT2D eigenvalue weighted by molar-refractivity contribution is 6.30. The van der Waals surface area contributed by atoms with Gasteiger partial charge >= 0.3 is 0 Å². The standard InChI is InChI=1S/C16H18ClNO/c1-3-18(15-7-4-12(2)5-8-15)16-9-6-14(17)10-13(16)11-19/h4-10,19H,3,11H2,1-2H3. The summed E-state index contributed by atoms with van der Waals surface area (Å²) in [5, 5.41) is 10.1. The van der Waals surface area contributed by atoms with Crippen LogP contribution in [0.3, 0.4) is 0 Å². The number of hydrogen-bond acceptors (Lipinski definition) is 2. The van der Waals surface area contributed by atoms with E-state index in [-0.39, 0.29) is 6.61 Å². The lowest BCUT2D eigenvalue weighted by atomic mass is 10.1. The lowest BCUT2D eigenvalue weighted by Crippen LogP contribution is -2.17. The van der Waals surface area contributed by atoms with Gasteiger partial charge < -0.3 is 10.0 Å². The van der Waals surface area contributed by atoms with E-state index in [1.807, 2.05) is 18.2 Å². The molecule has 0 unspecified atom stereocenters. The Morgan fingerprint density at radius 1 is 1.11 bits per heavy atom. The van der Waals surface area contributed by atoms with Crippen LogP contribution >= 0.6 is 11.6 Å². The molecule has 3 heteroatoms. The maximum absolute atomic E-state index is 9.49. The van der Waals surface area contributed by atoms with Crippen LogP contribution in [0.15, 0.2) is 42.5 Å². The zero-order chi connectivity index (χ0) is 13.8. The summed E-state index contributed by atoms with van der Waals surface area (Å²) in [6.45, 7) is 4.98. The van der Waals surface area contributed by atoms with Crippen LogP contribution in [0.1, 0.15) is 18.1 Å². The first-order valence-electron chi connectivity index (χ1n) is 6.39. The van der Waals surface area contributed by atoms with E-state index in [1.165, 1.54) is 5.56 Å². The van der Waals surface area contributed by atoms with Crippen LogP contribution in [-0.2, 0) is 6.61 Å². The third-order valence-electron chi connectivity index (χ3n) is 3.16. The SMILES string of the molecule is CCN(c1ccc(C)cc1)c1ccc(Cl)cc1CO. The Morgan fingerprint density at radius 2 is 1.79 bits per heavy atom. The fraction of sp³-hybridized carbons (Fsp3) is 0.250. The van der Waals surface area contributed by atoms with Gasteiger partial charge in [0.15, 0.2) is 0 Å². The summed E-state index contributed by atoms with van der Waals surface area (Å²) in [6.07, 6.45) is 0. The van der Waals surface area contributed by atoms with Gasteiger partial charge in [-0.2, -0.15) is 0 Å². The summed E-state index contributed by atoms with van der Waals surface area (Å²) in [7, 11) is 0. The minimum atomic E-state index is -0.0156. The topological polar surface area (TPSA) is 23.5 Å². The summed E-state index contributed by atoms with van der Waals surface area (Å²) in [6, 6.07) is 14.0. The number of benzene rings is 2. The Hall–Kier alpha value is -1.51. The molecule has 0 bridgehead atoms. The zero-order valence-electron chi connectivity index (χ0n) is 11.2. The molecule has 0 aromatic heterocycles. The van der Waals surface area contributed by atoms with Crippen molar-refractivity contribution in [2.75, 3.05) is 11.4 Å². The molecule has 0 radical (unpaired) electrons. The minimum Gasteiger partial charge on any atom is -0.392 e. The van der Waals surface area contributed by atoms with Gasteiger partial charge in [-0.1, -0.05) is 29.3 Å². The molecule has 2 aromatic rings. The fourth-order valence-corrected chi connectivity index (χ4v) is 2.36. The second-order valence-electron chi connectivity index (χ2n) is 4.51. The molecule has 0 aliphatic carbocycles. The average Bonchev–Trinajstić information content (AvgIpc) is 2.43. The summed E-state index contributed by atoms with van der Waals surface area (Å²) in [5.41, 5.74) is 4.19. The summed E-state index contributed by atoms with van der Waals surface area (Å²) in [5.74, 6) is 0. The van der Waals surface area contributed by atoms with Gasteiger partial charge in [-0.15, -0.1) is 0 Å². The molecule has 0 spiro atoms. The number of nitrogens with zero attached hydrogens (tertiary/aromatic N) is 1. The third kappa shape index (κ3) is 3.09. The predicted octanol–water partition coefficient (Wildman–Crippen LogP) is 4.30. The van der Waals surface area contributed by atoms with Gasteiger partial charge in [0.05, 0.1) is 6.61 Å². The van der Waals surface area contributed by atoms with Gasteiger partial charge in [0.1, 0.15) is 0 Å². The van der Waals surface area contributed by atoms with E-state index in [4.69, 9.17) is 11.6 Å². The molecule has 2 nitrogen and oxygen atoms in total. The van der Waals surface area contributed by atoms with Crippen molar-refractivity contribution < 1.29 is 5.11 Å². The molecule has 0 saturated carbocycles. The minimum absolute atomic E-state index is 0.0156. The van der Waals surface area contributed by atoms with Crippen LogP contribution in [0.4, 0.5) is 11.4 Å². The number of rotatable bonds is 4. The Bertz CT molecular complexity index is 551. The highest BCUT2D eigenvalue weighted by Crippen LogP contribution is 2.30. The Kier molecular flexibility index (Phi) is 4.46. The molecule has 0 saturated heterocycles. The fourth-order valence-electron chi connectivity index (χ4n) is 2.16. The largest absolute Gasteiger partial charge is 0.392 e. The van der Waals surface area contributed by atoms with Crippen LogP contribution in [0.2, 0.25) is 5.02 Å². The molecule has 0 aliphatic heterocycles. The molecule has 19 heavy (non-hydrogen) atoms. The zero-order valence-corrected chi connectivity index (χ0v) is 12.0. The van der Waals surface area contributed by atoms with E-state index >= 15 is 0 Å². The second-order valence-corrected chi connectivity index (χ2v) is 4.95. The summed E-state index contributed by atoms with van der Waals surface area (Å²) >= 11 is 5.98. The molecular weight excluding hydrogens is 258 g/mol. The predicted molar refractivity (Wildman–Crippen MR) is 81.2 cm³/mol. The molecule has 0 aliphatic rings. The van der Waals surface area contributed by atoms with Crippen LogP contribution in [0, 0.1) is 6.92 Å². The second kappa shape index (κ2) is 6.09. The first-order chi connectivity index (χ1) is 9.15. The van der Waals surface area contributed by atoms with Gasteiger partial charge in [-0.05, 0) is 44.2 Å². The van der Waals surface area contributed by atoms with Crippen molar-refractivity contribution in [1.29, 1.82) is 0 Å². The number of anilines is 2. The number of aliphatic hydroxyl groups is 1. The molecule has 0 heterocycles. The van der Waals surface area contributed by atoms with Gasteiger partial charge in [0.25, 0.3) is 0 Å². The molecule has 2 aromatic carbocycles. The van der Waals surface area contributed by atoms with Gasteiger partial charge in [-0.25, -0.2) is 0 Å². The number of aliphatic hydroxyl groups excluding tert-OH is 1. The first kappa shape index (κ1) is 13.9. The maximum atomic E-state index is 9.49. The van der Waals surface area contributed by atoms with Crippen LogP contribution < -0.4 is 4.90 Å². The Morgan fingerprint density at radius 3 is 2.37 bits per heavy atom.